The Morgan fingerprint density at radius 1 is 0.724 bits per heavy atom. The average molecular weight is 416 g/mol. The van der Waals surface area contributed by atoms with Gasteiger partial charge in [-0.3, -0.25) is 9.69 Å². The van der Waals surface area contributed by atoms with Crippen LogP contribution in [0.5, 0.6) is 0 Å². The van der Waals surface area contributed by atoms with Gasteiger partial charge < -0.3 is 24.0 Å². The summed E-state index contributed by atoms with van der Waals surface area (Å²) in [4.78, 5) is 42.1. The number of carbonyl (C=O) groups excluding carboxylic acids is 3. The molecule has 1 fully saturated rings. The van der Waals surface area contributed by atoms with Gasteiger partial charge in [-0.15, -0.1) is 0 Å². The lowest BCUT2D eigenvalue weighted by atomic mass is 10.2. The van der Waals surface area contributed by atoms with Crippen LogP contribution < -0.4 is 0 Å². The van der Waals surface area contributed by atoms with Crippen LogP contribution in [0.1, 0.15) is 48.5 Å². The molecule has 0 unspecified atom stereocenters. The van der Waals surface area contributed by atoms with Crippen LogP contribution in [0.15, 0.2) is 0 Å². The van der Waals surface area contributed by atoms with E-state index in [-0.39, 0.29) is 12.5 Å². The van der Waals surface area contributed by atoms with E-state index in [1.54, 1.807) is 58.3 Å². The molecular formula is C20H37N3O6. The van der Waals surface area contributed by atoms with Crippen molar-refractivity contribution in [3.63, 3.8) is 0 Å². The smallest absolute Gasteiger partial charge is 0.410 e. The van der Waals surface area contributed by atoms with Crippen LogP contribution in [0.3, 0.4) is 0 Å². The fourth-order valence-electron chi connectivity index (χ4n) is 2.67. The van der Waals surface area contributed by atoms with E-state index in [0.29, 0.717) is 45.9 Å². The Labute approximate surface area is 174 Å². The lowest BCUT2D eigenvalue weighted by Gasteiger charge is -2.30. The highest BCUT2D eigenvalue weighted by atomic mass is 16.6. The van der Waals surface area contributed by atoms with E-state index in [1.165, 1.54) is 0 Å². The predicted molar refractivity (Wildman–Crippen MR) is 109 cm³/mol. The Kier molecular flexibility index (Phi) is 9.19. The fraction of sp³-hybridized carbons (Fsp3) is 0.850. The number of amides is 2. The Balaban J connectivity index is 2.93. The summed E-state index contributed by atoms with van der Waals surface area (Å²) >= 11 is 0. The topological polar surface area (TPSA) is 88.6 Å². The van der Waals surface area contributed by atoms with E-state index < -0.39 is 23.4 Å². The van der Waals surface area contributed by atoms with Gasteiger partial charge in [-0.2, -0.15) is 0 Å². The van der Waals surface area contributed by atoms with Gasteiger partial charge >= 0.3 is 18.2 Å². The number of esters is 1. The van der Waals surface area contributed by atoms with Crippen LogP contribution in [-0.2, 0) is 19.0 Å². The number of hydrogen-bond acceptors (Lipinski definition) is 7. The molecule has 1 aliphatic heterocycles. The van der Waals surface area contributed by atoms with Crippen LogP contribution in [0.25, 0.3) is 0 Å². The minimum atomic E-state index is -0.620. The number of nitrogens with zero attached hydrogens (tertiary/aromatic N) is 3. The van der Waals surface area contributed by atoms with Gasteiger partial charge in [-0.05, 0) is 48.5 Å². The first-order chi connectivity index (χ1) is 13.3. The quantitative estimate of drug-likeness (QED) is 0.516. The molecule has 0 N–H and O–H groups in total. The van der Waals surface area contributed by atoms with Crippen molar-refractivity contribution in [2.24, 2.45) is 0 Å². The third-order valence-electron chi connectivity index (χ3n) is 3.97. The van der Waals surface area contributed by atoms with Crippen LogP contribution in [-0.4, -0.2) is 96.5 Å². The van der Waals surface area contributed by atoms with Crippen molar-refractivity contribution in [2.75, 3.05) is 52.4 Å². The van der Waals surface area contributed by atoms with E-state index in [1.807, 2.05) is 4.90 Å². The van der Waals surface area contributed by atoms with Gasteiger partial charge in [0, 0.05) is 39.3 Å². The lowest BCUT2D eigenvalue weighted by molar-refractivity contribution is -0.144. The van der Waals surface area contributed by atoms with Crippen LogP contribution in [0.2, 0.25) is 0 Å². The highest BCUT2D eigenvalue weighted by Gasteiger charge is 2.28. The minimum Gasteiger partial charge on any atom is -0.465 e. The van der Waals surface area contributed by atoms with Crippen molar-refractivity contribution in [3.05, 3.63) is 0 Å². The molecule has 29 heavy (non-hydrogen) atoms. The molecule has 0 atom stereocenters. The molecule has 9 nitrogen and oxygen atoms in total. The summed E-state index contributed by atoms with van der Waals surface area (Å²) in [6.45, 7) is 15.4. The second kappa shape index (κ2) is 10.7. The second-order valence-electron chi connectivity index (χ2n) is 9.02. The van der Waals surface area contributed by atoms with Crippen molar-refractivity contribution in [3.8, 4) is 0 Å². The number of ether oxygens (including phenoxy) is 3. The zero-order chi connectivity index (χ0) is 22.2. The van der Waals surface area contributed by atoms with E-state index >= 15 is 0 Å². The van der Waals surface area contributed by atoms with E-state index in [0.717, 1.165) is 0 Å². The molecule has 1 aliphatic rings. The number of rotatable bonds is 3. The molecule has 1 heterocycles. The van der Waals surface area contributed by atoms with Gasteiger partial charge in [-0.1, -0.05) is 0 Å². The molecule has 2 amide bonds. The molecular weight excluding hydrogens is 378 g/mol. The zero-order valence-corrected chi connectivity index (χ0v) is 18.9. The van der Waals surface area contributed by atoms with Crippen LogP contribution >= 0.6 is 0 Å². The summed E-state index contributed by atoms with van der Waals surface area (Å²) in [5.74, 6) is -0.334. The summed E-state index contributed by atoms with van der Waals surface area (Å²) in [5.41, 5.74) is -1.24. The van der Waals surface area contributed by atoms with Crippen molar-refractivity contribution in [2.45, 2.75) is 59.7 Å². The highest BCUT2D eigenvalue weighted by molar-refractivity contribution is 5.72. The standard InChI is InChI=1S/C20H37N3O6/c1-8-27-16(24)15-21-9-11-22(17(25)28-19(2,3)4)13-14-23(12-10-21)18(26)29-20(5,6)7/h8-15H2,1-7H3. The van der Waals surface area contributed by atoms with Crippen molar-refractivity contribution in [1.82, 2.24) is 14.7 Å². The van der Waals surface area contributed by atoms with Crippen LogP contribution in [0.4, 0.5) is 9.59 Å². The van der Waals surface area contributed by atoms with Gasteiger partial charge in [0.15, 0.2) is 0 Å². The molecule has 1 saturated heterocycles. The summed E-state index contributed by atoms with van der Waals surface area (Å²) in [7, 11) is 0. The number of carbonyl (C=O) groups is 3. The largest absolute Gasteiger partial charge is 0.465 e. The SMILES string of the molecule is CCOC(=O)CN1CCN(C(=O)OC(C)(C)C)CCN(C(=O)OC(C)(C)C)CC1. The normalized spacial score (nSPS) is 17.1. The molecule has 0 spiro atoms. The zero-order valence-electron chi connectivity index (χ0n) is 18.9. The molecule has 0 aromatic heterocycles. The first-order valence-corrected chi connectivity index (χ1v) is 10.1. The Bertz CT molecular complexity index is 528. The Morgan fingerprint density at radius 3 is 1.45 bits per heavy atom. The predicted octanol–water partition coefficient (Wildman–Crippen LogP) is 2.34. The summed E-state index contributed by atoms with van der Waals surface area (Å²) in [5, 5.41) is 0. The second-order valence-corrected chi connectivity index (χ2v) is 9.02. The molecule has 9 heteroatoms. The Morgan fingerprint density at radius 2 is 1.10 bits per heavy atom. The van der Waals surface area contributed by atoms with Crippen LogP contribution in [0, 0.1) is 0 Å². The van der Waals surface area contributed by atoms with E-state index in [4.69, 9.17) is 14.2 Å². The molecule has 0 aliphatic carbocycles. The summed E-state index contributed by atoms with van der Waals surface area (Å²) < 4.78 is 16.0. The van der Waals surface area contributed by atoms with Crippen molar-refractivity contribution in [1.29, 1.82) is 0 Å². The van der Waals surface area contributed by atoms with Gasteiger partial charge in [0.05, 0.1) is 13.2 Å². The summed E-state index contributed by atoms with van der Waals surface area (Å²) in [6.07, 6.45) is -0.890. The number of hydrogen-bond donors (Lipinski definition) is 0. The molecule has 1 rings (SSSR count). The molecule has 168 valence electrons. The monoisotopic (exact) mass is 415 g/mol. The van der Waals surface area contributed by atoms with Gasteiger partial charge in [0.1, 0.15) is 11.2 Å². The fourth-order valence-corrected chi connectivity index (χ4v) is 2.67. The van der Waals surface area contributed by atoms with Gasteiger partial charge in [0.2, 0.25) is 0 Å². The van der Waals surface area contributed by atoms with Gasteiger partial charge in [0.25, 0.3) is 0 Å². The summed E-state index contributed by atoms with van der Waals surface area (Å²) in [6, 6.07) is 0. The molecule has 0 radical (unpaired) electrons. The maximum Gasteiger partial charge on any atom is 0.410 e. The molecule has 0 saturated carbocycles. The van der Waals surface area contributed by atoms with Crippen molar-refractivity contribution < 1.29 is 28.6 Å². The van der Waals surface area contributed by atoms with E-state index in [2.05, 4.69) is 0 Å². The third-order valence-corrected chi connectivity index (χ3v) is 3.97. The maximum atomic E-state index is 12.6. The molecule has 0 bridgehead atoms. The lowest BCUT2D eigenvalue weighted by Crippen LogP contribution is -2.44. The Hall–Kier alpha value is -2.03. The third kappa shape index (κ3) is 10.3. The highest BCUT2D eigenvalue weighted by Crippen LogP contribution is 2.13. The van der Waals surface area contributed by atoms with Gasteiger partial charge in [-0.25, -0.2) is 9.59 Å². The average Bonchev–Trinajstić information content (AvgIpc) is 2.62. The van der Waals surface area contributed by atoms with E-state index in [9.17, 15) is 14.4 Å². The molecule has 0 aromatic carbocycles. The molecule has 0 aromatic rings. The first kappa shape index (κ1) is 25.0. The first-order valence-electron chi connectivity index (χ1n) is 10.1. The maximum absolute atomic E-state index is 12.6. The van der Waals surface area contributed by atoms with Crippen molar-refractivity contribution >= 4 is 18.2 Å². The minimum absolute atomic E-state index is 0.0954.